The van der Waals surface area contributed by atoms with Crippen LogP contribution >= 0.6 is 11.6 Å². The summed E-state index contributed by atoms with van der Waals surface area (Å²) in [6.07, 6.45) is 1.78. The lowest BCUT2D eigenvalue weighted by molar-refractivity contribution is 0.430. The van der Waals surface area contributed by atoms with Crippen LogP contribution in [0.15, 0.2) is 18.3 Å². The highest BCUT2D eigenvalue weighted by molar-refractivity contribution is 6.30. The van der Waals surface area contributed by atoms with Crippen molar-refractivity contribution in [3.8, 4) is 0 Å². The van der Waals surface area contributed by atoms with E-state index in [9.17, 15) is 0 Å². The van der Waals surface area contributed by atoms with Crippen LogP contribution < -0.4 is 5.32 Å². The molecule has 0 spiro atoms. The van der Waals surface area contributed by atoms with Crippen LogP contribution in [0.5, 0.6) is 0 Å². The van der Waals surface area contributed by atoms with Crippen molar-refractivity contribution in [1.29, 1.82) is 0 Å². The normalized spacial score (nSPS) is 17.2. The number of halogens is 1. The van der Waals surface area contributed by atoms with Crippen molar-refractivity contribution in [1.82, 2.24) is 19.9 Å². The fourth-order valence-electron chi connectivity index (χ4n) is 1.52. The van der Waals surface area contributed by atoms with Gasteiger partial charge in [-0.15, -0.1) is 0 Å². The van der Waals surface area contributed by atoms with Crippen molar-refractivity contribution in [2.24, 2.45) is 0 Å². The van der Waals surface area contributed by atoms with E-state index in [0.717, 1.165) is 24.6 Å². The lowest BCUT2D eigenvalue weighted by Gasteiger charge is -2.23. The fourth-order valence-corrected chi connectivity index (χ4v) is 1.67. The molecule has 1 aliphatic heterocycles. The number of nitrogens with zero attached hydrogens (tertiary/aromatic N) is 3. The van der Waals surface area contributed by atoms with Crippen molar-refractivity contribution >= 4 is 17.2 Å². The van der Waals surface area contributed by atoms with E-state index < -0.39 is 0 Å². The van der Waals surface area contributed by atoms with E-state index >= 15 is 0 Å². The second-order valence-corrected chi connectivity index (χ2v) is 3.91. The molecule has 3 rings (SSSR count). The van der Waals surface area contributed by atoms with Gasteiger partial charge in [-0.05, 0) is 12.1 Å². The number of rotatable bonds is 1. The Kier molecular flexibility index (Phi) is 1.72. The van der Waals surface area contributed by atoms with Gasteiger partial charge in [0, 0.05) is 25.2 Å². The lowest BCUT2D eigenvalue weighted by Crippen LogP contribution is -2.40. The van der Waals surface area contributed by atoms with Gasteiger partial charge in [0.15, 0.2) is 11.5 Å². The third-order valence-electron chi connectivity index (χ3n) is 2.46. The highest BCUT2D eigenvalue weighted by atomic mass is 35.5. The summed E-state index contributed by atoms with van der Waals surface area (Å²) in [7, 11) is 0. The number of hydrogen-bond donors (Lipinski definition) is 1. The van der Waals surface area contributed by atoms with Gasteiger partial charge in [-0.2, -0.15) is 5.10 Å². The summed E-state index contributed by atoms with van der Waals surface area (Å²) in [4.78, 5) is 4.43. The Bertz CT molecular complexity index is 475. The van der Waals surface area contributed by atoms with Crippen LogP contribution in [-0.2, 0) is 0 Å². The van der Waals surface area contributed by atoms with Crippen molar-refractivity contribution < 1.29 is 0 Å². The Morgan fingerprint density at radius 3 is 3.00 bits per heavy atom. The first-order valence-corrected chi connectivity index (χ1v) is 4.93. The number of nitrogens with one attached hydrogen (secondary N) is 1. The summed E-state index contributed by atoms with van der Waals surface area (Å²) in [5.74, 6) is 1.37. The van der Waals surface area contributed by atoms with Crippen molar-refractivity contribution in [2.75, 3.05) is 13.1 Å². The summed E-state index contributed by atoms with van der Waals surface area (Å²) in [6.45, 7) is 1.95. The van der Waals surface area contributed by atoms with E-state index in [1.807, 2.05) is 12.1 Å². The minimum atomic E-state index is 0.466. The topological polar surface area (TPSA) is 42.2 Å². The SMILES string of the molecule is Clc1ccc2nc(C3CNC3)nn2c1. The maximum absolute atomic E-state index is 5.85. The molecule has 0 aromatic carbocycles. The van der Waals surface area contributed by atoms with Crippen LogP contribution in [0.4, 0.5) is 0 Å². The largest absolute Gasteiger partial charge is 0.315 e. The van der Waals surface area contributed by atoms with Crippen LogP contribution in [0.1, 0.15) is 11.7 Å². The van der Waals surface area contributed by atoms with E-state index in [0.29, 0.717) is 10.9 Å². The monoisotopic (exact) mass is 208 g/mol. The zero-order valence-corrected chi connectivity index (χ0v) is 8.20. The van der Waals surface area contributed by atoms with Crippen LogP contribution in [-0.4, -0.2) is 27.7 Å². The highest BCUT2D eigenvalue weighted by Crippen LogP contribution is 2.17. The Hall–Kier alpha value is -1.13. The molecule has 2 aromatic heterocycles. The van der Waals surface area contributed by atoms with Gasteiger partial charge in [-0.1, -0.05) is 11.6 Å². The van der Waals surface area contributed by atoms with Crippen LogP contribution in [0.3, 0.4) is 0 Å². The van der Waals surface area contributed by atoms with Crippen molar-refractivity contribution in [2.45, 2.75) is 5.92 Å². The smallest absolute Gasteiger partial charge is 0.157 e. The van der Waals surface area contributed by atoms with E-state index in [2.05, 4.69) is 15.4 Å². The second kappa shape index (κ2) is 2.93. The third kappa shape index (κ3) is 1.19. The van der Waals surface area contributed by atoms with Gasteiger partial charge < -0.3 is 5.32 Å². The van der Waals surface area contributed by atoms with Crippen molar-refractivity contribution in [3.05, 3.63) is 29.2 Å². The molecular weight excluding hydrogens is 200 g/mol. The van der Waals surface area contributed by atoms with Crippen molar-refractivity contribution in [3.63, 3.8) is 0 Å². The minimum Gasteiger partial charge on any atom is -0.315 e. The van der Waals surface area contributed by atoms with Gasteiger partial charge in [0.2, 0.25) is 0 Å². The molecule has 0 aliphatic carbocycles. The molecule has 0 unspecified atom stereocenters. The van der Waals surface area contributed by atoms with E-state index in [4.69, 9.17) is 11.6 Å². The first-order chi connectivity index (χ1) is 6.83. The third-order valence-corrected chi connectivity index (χ3v) is 2.68. The van der Waals surface area contributed by atoms with Crippen LogP contribution in [0.25, 0.3) is 5.65 Å². The Morgan fingerprint density at radius 1 is 1.43 bits per heavy atom. The Labute approximate surface area is 85.9 Å². The molecule has 0 bridgehead atoms. The zero-order valence-electron chi connectivity index (χ0n) is 7.44. The summed E-state index contributed by atoms with van der Waals surface area (Å²) in [5.41, 5.74) is 0.858. The average molecular weight is 209 g/mol. The van der Waals surface area contributed by atoms with Gasteiger partial charge in [0.25, 0.3) is 0 Å². The number of aromatic nitrogens is 3. The minimum absolute atomic E-state index is 0.466. The first-order valence-electron chi connectivity index (χ1n) is 4.55. The maximum Gasteiger partial charge on any atom is 0.157 e. The fraction of sp³-hybridized carbons (Fsp3) is 0.333. The van der Waals surface area contributed by atoms with Gasteiger partial charge in [0.05, 0.1) is 5.02 Å². The molecule has 1 saturated heterocycles. The van der Waals surface area contributed by atoms with Gasteiger partial charge in [0.1, 0.15) is 0 Å². The van der Waals surface area contributed by atoms with Gasteiger partial charge in [-0.25, -0.2) is 9.50 Å². The maximum atomic E-state index is 5.85. The van der Waals surface area contributed by atoms with Gasteiger partial charge >= 0.3 is 0 Å². The second-order valence-electron chi connectivity index (χ2n) is 3.48. The molecule has 72 valence electrons. The molecule has 14 heavy (non-hydrogen) atoms. The summed E-state index contributed by atoms with van der Waals surface area (Å²) in [5, 5.41) is 8.26. The van der Waals surface area contributed by atoms with Crippen LogP contribution in [0, 0.1) is 0 Å². The molecular formula is C9H9ClN4. The summed E-state index contributed by atoms with van der Waals surface area (Å²) in [6, 6.07) is 3.71. The molecule has 0 saturated carbocycles. The number of fused-ring (bicyclic) bond motifs is 1. The van der Waals surface area contributed by atoms with Crippen LogP contribution in [0.2, 0.25) is 5.02 Å². The molecule has 0 atom stereocenters. The zero-order chi connectivity index (χ0) is 9.54. The van der Waals surface area contributed by atoms with E-state index in [1.54, 1.807) is 10.7 Å². The molecule has 1 N–H and O–H groups in total. The molecule has 3 heterocycles. The number of pyridine rings is 1. The number of hydrogen-bond acceptors (Lipinski definition) is 3. The summed E-state index contributed by atoms with van der Waals surface area (Å²) < 4.78 is 1.73. The molecule has 1 fully saturated rings. The molecule has 0 amide bonds. The molecule has 4 nitrogen and oxygen atoms in total. The highest BCUT2D eigenvalue weighted by Gasteiger charge is 2.23. The summed E-state index contributed by atoms with van der Waals surface area (Å²) >= 11 is 5.85. The molecule has 0 radical (unpaired) electrons. The predicted octanol–water partition coefficient (Wildman–Crippen LogP) is 1.07. The predicted molar refractivity (Wildman–Crippen MR) is 53.6 cm³/mol. The average Bonchev–Trinajstić information content (AvgIpc) is 2.43. The van der Waals surface area contributed by atoms with E-state index in [-0.39, 0.29) is 0 Å². The Morgan fingerprint density at radius 2 is 2.29 bits per heavy atom. The van der Waals surface area contributed by atoms with Gasteiger partial charge in [-0.3, -0.25) is 0 Å². The lowest BCUT2D eigenvalue weighted by atomic mass is 10.0. The molecule has 1 aliphatic rings. The quantitative estimate of drug-likeness (QED) is 0.763. The molecule has 5 heteroatoms. The van der Waals surface area contributed by atoms with E-state index in [1.165, 1.54) is 0 Å². The molecule has 2 aromatic rings. The first kappa shape index (κ1) is 8.20. The standard InChI is InChI=1S/C9H9ClN4/c10-7-1-2-8-12-9(6-3-11-4-6)13-14(8)5-7/h1-2,5-6,11H,3-4H2. The Balaban J connectivity index is 2.10.